The highest BCUT2D eigenvalue weighted by Crippen LogP contribution is 2.33. The van der Waals surface area contributed by atoms with E-state index in [-0.39, 0.29) is 0 Å². The normalized spacial score (nSPS) is 22.8. The highest BCUT2D eigenvalue weighted by Gasteiger charge is 2.23. The van der Waals surface area contributed by atoms with E-state index in [0.717, 1.165) is 17.2 Å². The van der Waals surface area contributed by atoms with Crippen molar-refractivity contribution < 1.29 is 9.47 Å². The Bertz CT molecular complexity index is 397. The summed E-state index contributed by atoms with van der Waals surface area (Å²) < 4.78 is 10.9. The van der Waals surface area contributed by atoms with Crippen molar-refractivity contribution in [3.8, 4) is 11.5 Å². The summed E-state index contributed by atoms with van der Waals surface area (Å²) >= 11 is 2.03. The van der Waals surface area contributed by atoms with Crippen molar-refractivity contribution in [3.05, 3.63) is 18.2 Å². The molecular formula is C14H21NO2S. The van der Waals surface area contributed by atoms with Crippen LogP contribution in [0.4, 0.5) is 5.69 Å². The van der Waals surface area contributed by atoms with Crippen LogP contribution in [0.1, 0.15) is 20.3 Å². The second-order valence-electron chi connectivity index (χ2n) is 4.41. The maximum atomic E-state index is 5.52. The van der Waals surface area contributed by atoms with Crippen LogP contribution in [0.25, 0.3) is 0 Å². The second kappa shape index (κ2) is 6.23. The second-order valence-corrected chi connectivity index (χ2v) is 5.90. The maximum absolute atomic E-state index is 5.52. The van der Waals surface area contributed by atoms with E-state index in [2.05, 4.69) is 18.3 Å². The van der Waals surface area contributed by atoms with Gasteiger partial charge in [-0.2, -0.15) is 11.8 Å². The minimum atomic E-state index is 0.553. The number of hydrogen-bond donors (Lipinski definition) is 1. The first-order chi connectivity index (χ1) is 8.74. The third-order valence-electron chi connectivity index (χ3n) is 3.19. The van der Waals surface area contributed by atoms with Gasteiger partial charge in [-0.1, -0.05) is 6.92 Å². The molecule has 18 heavy (non-hydrogen) atoms. The third-order valence-corrected chi connectivity index (χ3v) is 4.52. The smallest absolute Gasteiger partial charge is 0.162 e. The van der Waals surface area contributed by atoms with Crippen molar-refractivity contribution in [2.75, 3.05) is 24.8 Å². The Morgan fingerprint density at radius 1 is 1.39 bits per heavy atom. The van der Waals surface area contributed by atoms with Crippen LogP contribution in [0.15, 0.2) is 18.2 Å². The summed E-state index contributed by atoms with van der Waals surface area (Å²) in [5.41, 5.74) is 1.11. The fraction of sp³-hybridized carbons (Fsp3) is 0.571. The maximum Gasteiger partial charge on any atom is 0.162 e. The molecule has 1 aromatic rings. The van der Waals surface area contributed by atoms with Crippen molar-refractivity contribution in [2.24, 2.45) is 0 Å². The first-order valence-corrected chi connectivity index (χ1v) is 7.48. The Morgan fingerprint density at radius 3 is 2.83 bits per heavy atom. The lowest BCUT2D eigenvalue weighted by Crippen LogP contribution is -2.24. The Balaban J connectivity index is 2.09. The number of hydrogen-bond acceptors (Lipinski definition) is 4. The molecule has 1 aliphatic rings. The molecule has 0 aliphatic carbocycles. The molecule has 0 aromatic heterocycles. The van der Waals surface area contributed by atoms with Crippen LogP contribution in [0.2, 0.25) is 0 Å². The number of methoxy groups -OCH3 is 1. The molecule has 0 bridgehead atoms. The summed E-state index contributed by atoms with van der Waals surface area (Å²) in [5, 5.41) is 4.25. The average Bonchev–Trinajstić information content (AvgIpc) is 2.77. The molecule has 2 unspecified atom stereocenters. The lowest BCUT2D eigenvalue weighted by atomic mass is 10.1. The quantitative estimate of drug-likeness (QED) is 0.885. The van der Waals surface area contributed by atoms with E-state index in [0.29, 0.717) is 17.9 Å². The molecule has 4 heteroatoms. The van der Waals surface area contributed by atoms with Gasteiger partial charge in [0, 0.05) is 23.0 Å². The van der Waals surface area contributed by atoms with E-state index in [9.17, 15) is 0 Å². The molecule has 100 valence electrons. The van der Waals surface area contributed by atoms with E-state index in [4.69, 9.17) is 9.47 Å². The predicted octanol–water partition coefficient (Wildman–Crippen LogP) is 3.40. The van der Waals surface area contributed by atoms with E-state index < -0.39 is 0 Å². The SMILES string of the molecule is CCOc1ccc(NC2CCSC2C)cc1OC. The molecular weight excluding hydrogens is 246 g/mol. The number of benzene rings is 1. The first-order valence-electron chi connectivity index (χ1n) is 6.43. The van der Waals surface area contributed by atoms with Crippen molar-refractivity contribution in [2.45, 2.75) is 31.6 Å². The van der Waals surface area contributed by atoms with Gasteiger partial charge >= 0.3 is 0 Å². The van der Waals surface area contributed by atoms with E-state index in [1.165, 1.54) is 12.2 Å². The van der Waals surface area contributed by atoms with E-state index in [1.54, 1.807) is 7.11 Å². The zero-order chi connectivity index (χ0) is 13.0. The fourth-order valence-electron chi connectivity index (χ4n) is 2.17. The van der Waals surface area contributed by atoms with Crippen molar-refractivity contribution >= 4 is 17.4 Å². The molecule has 0 spiro atoms. The molecule has 0 radical (unpaired) electrons. The summed E-state index contributed by atoms with van der Waals surface area (Å²) in [6.45, 7) is 4.91. The van der Waals surface area contributed by atoms with Crippen molar-refractivity contribution in [1.82, 2.24) is 0 Å². The summed E-state index contributed by atoms with van der Waals surface area (Å²) in [5.74, 6) is 2.84. The van der Waals surface area contributed by atoms with Gasteiger partial charge < -0.3 is 14.8 Å². The van der Waals surface area contributed by atoms with Gasteiger partial charge in [-0.05, 0) is 31.2 Å². The van der Waals surface area contributed by atoms with Crippen LogP contribution in [0.5, 0.6) is 11.5 Å². The average molecular weight is 267 g/mol. The molecule has 1 N–H and O–H groups in total. The van der Waals surface area contributed by atoms with Gasteiger partial charge in [-0.25, -0.2) is 0 Å². The molecule has 1 fully saturated rings. The summed E-state index contributed by atoms with van der Waals surface area (Å²) in [7, 11) is 1.68. The van der Waals surface area contributed by atoms with Crippen LogP contribution >= 0.6 is 11.8 Å². The number of ether oxygens (including phenoxy) is 2. The Labute approximate surface area is 113 Å². The Morgan fingerprint density at radius 2 is 2.22 bits per heavy atom. The molecule has 1 heterocycles. The van der Waals surface area contributed by atoms with Gasteiger partial charge in [0.15, 0.2) is 11.5 Å². The van der Waals surface area contributed by atoms with Crippen LogP contribution in [-0.2, 0) is 0 Å². The molecule has 1 aromatic carbocycles. The zero-order valence-electron chi connectivity index (χ0n) is 11.2. The van der Waals surface area contributed by atoms with Gasteiger partial charge in [-0.15, -0.1) is 0 Å². The largest absolute Gasteiger partial charge is 0.493 e. The summed E-state index contributed by atoms with van der Waals surface area (Å²) in [6.07, 6.45) is 1.22. The van der Waals surface area contributed by atoms with Crippen molar-refractivity contribution in [1.29, 1.82) is 0 Å². The van der Waals surface area contributed by atoms with E-state index in [1.807, 2.05) is 30.8 Å². The van der Waals surface area contributed by atoms with Crippen molar-refractivity contribution in [3.63, 3.8) is 0 Å². The van der Waals surface area contributed by atoms with Crippen LogP contribution in [0, 0.1) is 0 Å². The topological polar surface area (TPSA) is 30.5 Å². The number of thioether (sulfide) groups is 1. The third kappa shape index (κ3) is 3.05. The Hall–Kier alpha value is -1.03. The number of nitrogens with one attached hydrogen (secondary N) is 1. The number of rotatable bonds is 5. The fourth-order valence-corrected chi connectivity index (χ4v) is 3.37. The van der Waals surface area contributed by atoms with Gasteiger partial charge in [0.25, 0.3) is 0 Å². The molecule has 1 aliphatic heterocycles. The molecule has 2 atom stereocenters. The van der Waals surface area contributed by atoms with Crippen LogP contribution in [-0.4, -0.2) is 30.8 Å². The summed E-state index contributed by atoms with van der Waals surface area (Å²) in [6, 6.07) is 6.60. The minimum absolute atomic E-state index is 0.553. The molecule has 1 saturated heterocycles. The first kappa shape index (κ1) is 13.4. The van der Waals surface area contributed by atoms with E-state index >= 15 is 0 Å². The van der Waals surface area contributed by atoms with Gasteiger partial charge in [-0.3, -0.25) is 0 Å². The lowest BCUT2D eigenvalue weighted by Gasteiger charge is -2.19. The van der Waals surface area contributed by atoms with Gasteiger partial charge in [0.2, 0.25) is 0 Å². The van der Waals surface area contributed by atoms with Crippen LogP contribution in [0.3, 0.4) is 0 Å². The van der Waals surface area contributed by atoms with Gasteiger partial charge in [0.05, 0.1) is 13.7 Å². The monoisotopic (exact) mass is 267 g/mol. The minimum Gasteiger partial charge on any atom is -0.493 e. The highest BCUT2D eigenvalue weighted by atomic mass is 32.2. The highest BCUT2D eigenvalue weighted by molar-refractivity contribution is 8.00. The lowest BCUT2D eigenvalue weighted by molar-refractivity contribution is 0.311. The standard InChI is InChI=1S/C14H21NO2S/c1-4-17-13-6-5-11(9-14(13)16-3)15-12-7-8-18-10(12)2/h5-6,9-10,12,15H,4,7-8H2,1-3H3. The predicted molar refractivity (Wildman–Crippen MR) is 78.1 cm³/mol. The zero-order valence-corrected chi connectivity index (χ0v) is 12.0. The molecule has 3 nitrogen and oxygen atoms in total. The Kier molecular flexibility index (Phi) is 4.64. The number of anilines is 1. The summed E-state index contributed by atoms with van der Waals surface area (Å²) in [4.78, 5) is 0. The molecule has 2 rings (SSSR count). The van der Waals surface area contributed by atoms with Crippen LogP contribution < -0.4 is 14.8 Å². The van der Waals surface area contributed by atoms with Gasteiger partial charge in [0.1, 0.15) is 0 Å². The molecule has 0 amide bonds. The molecule has 0 saturated carbocycles.